The molecule has 2 aromatic heterocycles. The molecule has 8 heteroatoms. The van der Waals surface area contributed by atoms with E-state index in [0.29, 0.717) is 12.3 Å². The fourth-order valence-corrected chi connectivity index (χ4v) is 3.74. The predicted molar refractivity (Wildman–Crippen MR) is 114 cm³/mol. The Balaban J connectivity index is 0.00000124. The molecule has 0 aromatic carbocycles. The molecule has 3 N–H and O–H groups in total. The summed E-state index contributed by atoms with van der Waals surface area (Å²) < 4.78 is 19.4. The van der Waals surface area contributed by atoms with E-state index < -0.39 is 17.1 Å². The lowest BCUT2D eigenvalue weighted by Crippen LogP contribution is -2.27. The van der Waals surface area contributed by atoms with E-state index in [9.17, 15) is 9.18 Å². The van der Waals surface area contributed by atoms with Crippen LogP contribution >= 0.6 is 0 Å². The summed E-state index contributed by atoms with van der Waals surface area (Å²) in [5, 5.41) is 3.00. The van der Waals surface area contributed by atoms with Crippen LogP contribution in [0.25, 0.3) is 0 Å². The Morgan fingerprint density at radius 1 is 1.30 bits per heavy atom. The third kappa shape index (κ3) is 3.90. The van der Waals surface area contributed by atoms with Crippen LogP contribution in [0.2, 0.25) is 0 Å². The number of nitrogens with one attached hydrogen (secondary N) is 1. The predicted octanol–water partition coefficient (Wildman–Crippen LogP) is 3.58. The Morgan fingerprint density at radius 3 is 2.70 bits per heavy atom. The first-order valence-electron chi connectivity index (χ1n) is 9.93. The molecule has 0 saturated heterocycles. The minimum atomic E-state index is -0.983. The molecule has 0 aliphatic heterocycles. The van der Waals surface area contributed by atoms with E-state index in [1.165, 1.54) is 31.5 Å². The molecule has 2 fully saturated rings. The van der Waals surface area contributed by atoms with Gasteiger partial charge in [-0.2, -0.15) is 4.99 Å². The second-order valence-electron chi connectivity index (χ2n) is 7.10. The van der Waals surface area contributed by atoms with E-state index in [1.54, 1.807) is 24.5 Å². The Kier molecular flexibility index (Phi) is 6.14. The van der Waals surface area contributed by atoms with Crippen LogP contribution in [0, 0.1) is 11.2 Å². The number of carbonyl (C=O) groups excluding carboxylic acids is 1. The number of carbonyl (C=O) groups is 1. The number of amidine groups is 1. The molecule has 1 amide bonds. The lowest BCUT2D eigenvalue weighted by molar-refractivity contribution is -0.120. The van der Waals surface area contributed by atoms with Crippen LogP contribution in [0.5, 0.6) is 5.88 Å². The van der Waals surface area contributed by atoms with Crippen molar-refractivity contribution < 1.29 is 13.9 Å². The molecule has 2 saturated carbocycles. The van der Waals surface area contributed by atoms with Gasteiger partial charge in [0.1, 0.15) is 17.1 Å². The van der Waals surface area contributed by atoms with Gasteiger partial charge in [0.25, 0.3) is 5.91 Å². The van der Waals surface area contributed by atoms with E-state index in [2.05, 4.69) is 20.3 Å². The Morgan fingerprint density at radius 2 is 2.07 bits per heavy atom. The standard InChI is InChI=1S/C20H20FN5O2.C2H6/c1-28-16-11-13(4-9-24-16)23-10-5-15(22)26-18(27)20(12-19(20)6-7-19)17-14(21)3-2-8-25-17;1-2/h2-5,8-11H,6-7,12H2,1H3,(H,23,24)(H2,22,26,27);1-2H3/b10-5-;. The van der Waals surface area contributed by atoms with Gasteiger partial charge in [-0.15, -0.1) is 0 Å². The molecule has 0 bridgehead atoms. The second kappa shape index (κ2) is 8.61. The SMILES string of the molecule is CC.COc1cc(N/C=C\C(N)=NC(=O)C2(c3ncccc3F)CC23CC3)ccn1. The van der Waals surface area contributed by atoms with Crippen LogP contribution < -0.4 is 15.8 Å². The van der Waals surface area contributed by atoms with Gasteiger partial charge in [0.2, 0.25) is 5.88 Å². The zero-order chi connectivity index (χ0) is 21.8. The van der Waals surface area contributed by atoms with Gasteiger partial charge < -0.3 is 15.8 Å². The van der Waals surface area contributed by atoms with Gasteiger partial charge in [-0.25, -0.2) is 9.37 Å². The van der Waals surface area contributed by atoms with Crippen molar-refractivity contribution in [2.24, 2.45) is 16.1 Å². The van der Waals surface area contributed by atoms with Crippen LogP contribution in [0.4, 0.5) is 10.1 Å². The Bertz CT molecular complexity index is 987. The topological polar surface area (TPSA) is 102 Å². The van der Waals surface area contributed by atoms with Gasteiger partial charge in [0.05, 0.1) is 12.8 Å². The van der Waals surface area contributed by atoms with Crippen molar-refractivity contribution in [1.82, 2.24) is 9.97 Å². The van der Waals surface area contributed by atoms with E-state index in [-0.39, 0.29) is 16.9 Å². The summed E-state index contributed by atoms with van der Waals surface area (Å²) in [7, 11) is 1.53. The second-order valence-corrected chi connectivity index (χ2v) is 7.10. The fraction of sp³-hybridized carbons (Fsp3) is 0.364. The van der Waals surface area contributed by atoms with Crippen LogP contribution in [-0.2, 0) is 10.2 Å². The van der Waals surface area contributed by atoms with E-state index >= 15 is 0 Å². The number of methoxy groups -OCH3 is 1. The Labute approximate surface area is 175 Å². The molecule has 7 nitrogen and oxygen atoms in total. The normalized spacial score (nSPS) is 21.0. The van der Waals surface area contributed by atoms with Crippen molar-refractivity contribution in [2.75, 3.05) is 12.4 Å². The first kappa shape index (κ1) is 21.4. The number of anilines is 1. The zero-order valence-electron chi connectivity index (χ0n) is 17.4. The number of rotatable bonds is 6. The van der Waals surface area contributed by atoms with E-state index in [1.807, 2.05) is 13.8 Å². The number of ether oxygens (including phenoxy) is 1. The first-order valence-corrected chi connectivity index (χ1v) is 9.93. The molecule has 1 atom stereocenters. The molecule has 2 aliphatic carbocycles. The molecule has 4 rings (SSSR count). The molecule has 1 unspecified atom stereocenters. The van der Waals surface area contributed by atoms with Gasteiger partial charge in [-0.3, -0.25) is 9.78 Å². The highest BCUT2D eigenvalue weighted by Crippen LogP contribution is 2.79. The van der Waals surface area contributed by atoms with Gasteiger partial charge in [0, 0.05) is 30.3 Å². The fourth-order valence-electron chi connectivity index (χ4n) is 3.74. The molecule has 2 aliphatic rings. The molecule has 30 heavy (non-hydrogen) atoms. The van der Waals surface area contributed by atoms with Crippen molar-refractivity contribution in [3.8, 4) is 5.88 Å². The average Bonchev–Trinajstić information content (AvgIpc) is 3.68. The number of nitrogens with zero attached hydrogens (tertiary/aromatic N) is 3. The van der Waals surface area contributed by atoms with E-state index in [4.69, 9.17) is 10.5 Å². The number of aliphatic imine (C=N–C) groups is 1. The minimum Gasteiger partial charge on any atom is -0.481 e. The third-order valence-electron chi connectivity index (χ3n) is 5.44. The third-order valence-corrected chi connectivity index (χ3v) is 5.44. The van der Waals surface area contributed by atoms with Crippen molar-refractivity contribution >= 4 is 17.4 Å². The van der Waals surface area contributed by atoms with Crippen LogP contribution in [0.15, 0.2) is 53.9 Å². The van der Waals surface area contributed by atoms with E-state index in [0.717, 1.165) is 18.5 Å². The average molecular weight is 411 g/mol. The highest BCUT2D eigenvalue weighted by molar-refractivity contribution is 6.05. The van der Waals surface area contributed by atoms with Crippen molar-refractivity contribution in [1.29, 1.82) is 0 Å². The van der Waals surface area contributed by atoms with Gasteiger partial charge in [0.15, 0.2) is 0 Å². The highest BCUT2D eigenvalue weighted by Gasteiger charge is 2.79. The summed E-state index contributed by atoms with van der Waals surface area (Å²) in [5.41, 5.74) is 5.64. The molecule has 2 heterocycles. The number of hydrogen-bond donors (Lipinski definition) is 2. The number of hydrogen-bond acceptors (Lipinski definition) is 5. The molecular formula is C22H26FN5O2. The van der Waals surface area contributed by atoms with Crippen LogP contribution in [0.3, 0.4) is 0 Å². The van der Waals surface area contributed by atoms with Crippen LogP contribution in [0.1, 0.15) is 38.8 Å². The summed E-state index contributed by atoms with van der Waals surface area (Å²) in [5.74, 6) is -0.400. The summed E-state index contributed by atoms with van der Waals surface area (Å²) >= 11 is 0. The lowest BCUT2D eigenvalue weighted by atomic mass is 9.95. The molecule has 1 spiro atoms. The number of halogens is 1. The summed E-state index contributed by atoms with van der Waals surface area (Å²) in [6.45, 7) is 4.00. The van der Waals surface area contributed by atoms with Crippen LogP contribution in [-0.4, -0.2) is 28.8 Å². The maximum absolute atomic E-state index is 14.3. The number of aromatic nitrogens is 2. The first-order chi connectivity index (χ1) is 14.5. The molecular weight excluding hydrogens is 385 g/mol. The summed E-state index contributed by atoms with van der Waals surface area (Å²) in [6.07, 6.45) is 8.48. The van der Waals surface area contributed by atoms with Crippen molar-refractivity contribution in [2.45, 2.75) is 38.5 Å². The number of nitrogens with two attached hydrogens (primary N) is 1. The largest absolute Gasteiger partial charge is 0.481 e. The molecule has 0 radical (unpaired) electrons. The van der Waals surface area contributed by atoms with Gasteiger partial charge >= 0.3 is 0 Å². The van der Waals surface area contributed by atoms with Gasteiger partial charge in [-0.1, -0.05) is 13.8 Å². The molecule has 2 aromatic rings. The highest BCUT2D eigenvalue weighted by atomic mass is 19.1. The number of amides is 1. The maximum atomic E-state index is 14.3. The zero-order valence-corrected chi connectivity index (χ0v) is 17.4. The van der Waals surface area contributed by atoms with Crippen molar-refractivity contribution in [3.05, 3.63) is 60.4 Å². The summed E-state index contributed by atoms with van der Waals surface area (Å²) in [4.78, 5) is 25.1. The minimum absolute atomic E-state index is 0.0388. The lowest BCUT2D eigenvalue weighted by Gasteiger charge is -2.13. The number of pyridine rings is 2. The monoisotopic (exact) mass is 411 g/mol. The summed E-state index contributed by atoms with van der Waals surface area (Å²) in [6, 6.07) is 6.30. The van der Waals surface area contributed by atoms with Crippen molar-refractivity contribution in [3.63, 3.8) is 0 Å². The maximum Gasteiger partial charge on any atom is 0.260 e. The quantitative estimate of drug-likeness (QED) is 0.556. The molecule has 158 valence electrons. The van der Waals surface area contributed by atoms with Gasteiger partial charge in [-0.05, 0) is 49.0 Å². The smallest absolute Gasteiger partial charge is 0.260 e. The Hall–Kier alpha value is -3.29.